The SMILES string of the molecule is COc1ccc(NC(=O)C2=C(C)N=C3SCCCN3C2c2cccc(NC(=O)C3CC3)c2)cc1. The summed E-state index contributed by atoms with van der Waals surface area (Å²) in [5.74, 6) is 1.76. The van der Waals surface area contributed by atoms with Crippen molar-refractivity contribution in [1.29, 1.82) is 0 Å². The number of carbonyl (C=O) groups is 2. The number of nitrogens with one attached hydrogen (secondary N) is 2. The summed E-state index contributed by atoms with van der Waals surface area (Å²) in [6, 6.07) is 14.9. The third-order valence-electron chi connectivity index (χ3n) is 6.27. The highest BCUT2D eigenvalue weighted by atomic mass is 32.2. The molecule has 2 fully saturated rings. The van der Waals surface area contributed by atoms with Crippen molar-refractivity contribution >= 4 is 40.1 Å². The maximum atomic E-state index is 13.6. The summed E-state index contributed by atoms with van der Waals surface area (Å²) in [5, 5.41) is 7.02. The smallest absolute Gasteiger partial charge is 0.255 e. The number of fused-ring (bicyclic) bond motifs is 1. The number of amidine groups is 1. The van der Waals surface area contributed by atoms with Gasteiger partial charge in [-0.2, -0.15) is 0 Å². The Morgan fingerprint density at radius 1 is 1.09 bits per heavy atom. The number of hydrogen-bond donors (Lipinski definition) is 2. The second-order valence-electron chi connectivity index (χ2n) is 8.76. The number of allylic oxidation sites excluding steroid dienone is 1. The Labute approximate surface area is 203 Å². The van der Waals surface area contributed by atoms with Gasteiger partial charge in [-0.05, 0) is 68.1 Å². The lowest BCUT2D eigenvalue weighted by Crippen LogP contribution is -2.43. The lowest BCUT2D eigenvalue weighted by atomic mass is 9.93. The van der Waals surface area contributed by atoms with Gasteiger partial charge in [0.05, 0.1) is 24.4 Å². The largest absolute Gasteiger partial charge is 0.497 e. The van der Waals surface area contributed by atoms with Crippen LogP contribution in [-0.4, -0.2) is 41.3 Å². The maximum Gasteiger partial charge on any atom is 0.255 e. The van der Waals surface area contributed by atoms with Gasteiger partial charge in [0.15, 0.2) is 5.17 Å². The van der Waals surface area contributed by atoms with Gasteiger partial charge < -0.3 is 20.3 Å². The van der Waals surface area contributed by atoms with Crippen LogP contribution in [0.4, 0.5) is 11.4 Å². The van der Waals surface area contributed by atoms with Crippen molar-refractivity contribution in [3.05, 3.63) is 65.4 Å². The number of thioether (sulfide) groups is 1. The van der Waals surface area contributed by atoms with E-state index in [1.807, 2.05) is 55.5 Å². The Hall–Kier alpha value is -3.26. The molecule has 7 nitrogen and oxygen atoms in total. The summed E-state index contributed by atoms with van der Waals surface area (Å²) >= 11 is 1.72. The van der Waals surface area contributed by atoms with Crippen LogP contribution in [0, 0.1) is 5.92 Å². The van der Waals surface area contributed by atoms with Crippen LogP contribution >= 0.6 is 11.8 Å². The Kier molecular flexibility index (Phi) is 6.32. The molecule has 2 amide bonds. The fraction of sp³-hybridized carbons (Fsp3) is 0.346. The van der Waals surface area contributed by atoms with Gasteiger partial charge in [0.1, 0.15) is 5.75 Å². The highest BCUT2D eigenvalue weighted by molar-refractivity contribution is 8.13. The highest BCUT2D eigenvalue weighted by Gasteiger charge is 2.37. The van der Waals surface area contributed by atoms with E-state index in [0.717, 1.165) is 53.7 Å². The number of aliphatic imine (C=N–C) groups is 1. The molecule has 176 valence electrons. The Morgan fingerprint density at radius 3 is 2.62 bits per heavy atom. The van der Waals surface area contributed by atoms with Gasteiger partial charge in [-0.3, -0.25) is 9.59 Å². The van der Waals surface area contributed by atoms with Gasteiger partial charge >= 0.3 is 0 Å². The fourth-order valence-electron chi connectivity index (χ4n) is 4.35. The number of amides is 2. The first kappa shape index (κ1) is 22.5. The van der Waals surface area contributed by atoms with Crippen molar-refractivity contribution in [2.45, 2.75) is 32.2 Å². The van der Waals surface area contributed by atoms with Gasteiger partial charge in [-0.25, -0.2) is 4.99 Å². The van der Waals surface area contributed by atoms with Crippen molar-refractivity contribution in [2.24, 2.45) is 10.9 Å². The summed E-state index contributed by atoms with van der Waals surface area (Å²) in [5.41, 5.74) is 3.74. The highest BCUT2D eigenvalue weighted by Crippen LogP contribution is 2.40. The molecule has 1 aliphatic carbocycles. The average molecular weight is 477 g/mol. The topological polar surface area (TPSA) is 83.0 Å². The number of ether oxygens (including phenoxy) is 1. The number of hydrogen-bond acceptors (Lipinski definition) is 6. The van der Waals surface area contributed by atoms with E-state index in [-0.39, 0.29) is 23.8 Å². The molecule has 2 aromatic rings. The molecule has 0 spiro atoms. The van der Waals surface area contributed by atoms with E-state index in [9.17, 15) is 9.59 Å². The molecule has 0 bridgehead atoms. The summed E-state index contributed by atoms with van der Waals surface area (Å²) in [7, 11) is 1.61. The molecule has 1 unspecified atom stereocenters. The molecule has 34 heavy (non-hydrogen) atoms. The van der Waals surface area contributed by atoms with Crippen LogP contribution in [0.5, 0.6) is 5.75 Å². The molecular weight excluding hydrogens is 448 g/mol. The van der Waals surface area contributed by atoms with E-state index in [1.165, 1.54) is 0 Å². The number of benzene rings is 2. The van der Waals surface area contributed by atoms with Gasteiger partial charge in [0, 0.05) is 29.6 Å². The predicted molar refractivity (Wildman–Crippen MR) is 136 cm³/mol. The standard InChI is InChI=1S/C26H28N4O3S/c1-16-22(25(32)28-19-9-11-21(33-2)12-10-19)23(30-13-4-14-34-26(30)27-16)18-5-3-6-20(15-18)29-24(31)17-7-8-17/h3,5-6,9-12,15,17,23H,4,7-8,13-14H2,1-2H3,(H,28,32)(H,29,31). The molecule has 2 aromatic carbocycles. The zero-order valence-corrected chi connectivity index (χ0v) is 20.2. The lowest BCUT2D eigenvalue weighted by molar-refractivity contribution is -0.117. The quantitative estimate of drug-likeness (QED) is 0.625. The van der Waals surface area contributed by atoms with E-state index < -0.39 is 0 Å². The van der Waals surface area contributed by atoms with Crippen molar-refractivity contribution in [3.8, 4) is 5.75 Å². The molecule has 0 aromatic heterocycles. The summed E-state index contributed by atoms with van der Waals surface area (Å²) < 4.78 is 5.22. The number of anilines is 2. The first-order valence-electron chi connectivity index (χ1n) is 11.6. The average Bonchev–Trinajstić information content (AvgIpc) is 3.69. The van der Waals surface area contributed by atoms with Gasteiger partial charge in [-0.1, -0.05) is 23.9 Å². The minimum atomic E-state index is -0.281. The summed E-state index contributed by atoms with van der Waals surface area (Å²) in [6.07, 6.45) is 2.93. The monoisotopic (exact) mass is 476 g/mol. The molecule has 2 heterocycles. The molecule has 1 saturated carbocycles. The third kappa shape index (κ3) is 4.68. The lowest BCUT2D eigenvalue weighted by Gasteiger charge is -2.41. The minimum Gasteiger partial charge on any atom is -0.497 e. The number of rotatable bonds is 6. The molecule has 8 heteroatoms. The van der Waals surface area contributed by atoms with Crippen LogP contribution in [0.15, 0.2) is 64.8 Å². The predicted octanol–water partition coefficient (Wildman–Crippen LogP) is 4.81. The van der Waals surface area contributed by atoms with Crippen molar-refractivity contribution in [3.63, 3.8) is 0 Å². The van der Waals surface area contributed by atoms with E-state index in [0.29, 0.717) is 17.0 Å². The summed E-state index contributed by atoms with van der Waals surface area (Å²) in [4.78, 5) is 32.9. The van der Waals surface area contributed by atoms with E-state index in [1.54, 1.807) is 18.9 Å². The summed E-state index contributed by atoms with van der Waals surface area (Å²) in [6.45, 7) is 2.72. The number of nitrogens with zero attached hydrogens (tertiary/aromatic N) is 2. The number of carbonyl (C=O) groups excluding carboxylic acids is 2. The molecule has 3 aliphatic rings. The molecule has 1 atom stereocenters. The van der Waals surface area contributed by atoms with Crippen LogP contribution in [0.1, 0.15) is 37.8 Å². The van der Waals surface area contributed by atoms with Gasteiger partial charge in [0.25, 0.3) is 5.91 Å². The zero-order valence-electron chi connectivity index (χ0n) is 19.3. The van der Waals surface area contributed by atoms with Crippen molar-refractivity contribution in [1.82, 2.24) is 4.90 Å². The second-order valence-corrected chi connectivity index (χ2v) is 9.83. The van der Waals surface area contributed by atoms with Crippen molar-refractivity contribution in [2.75, 3.05) is 30.0 Å². The molecule has 5 rings (SSSR count). The van der Waals surface area contributed by atoms with Crippen molar-refractivity contribution < 1.29 is 14.3 Å². The zero-order chi connectivity index (χ0) is 23.7. The molecule has 2 aliphatic heterocycles. The molecule has 0 radical (unpaired) electrons. The van der Waals surface area contributed by atoms with Gasteiger partial charge in [-0.15, -0.1) is 0 Å². The first-order valence-corrected chi connectivity index (χ1v) is 12.6. The van der Waals surface area contributed by atoms with E-state index >= 15 is 0 Å². The van der Waals surface area contributed by atoms with Crippen LogP contribution < -0.4 is 15.4 Å². The molecule has 2 N–H and O–H groups in total. The van der Waals surface area contributed by atoms with Gasteiger partial charge in [0.2, 0.25) is 5.91 Å². The third-order valence-corrected chi connectivity index (χ3v) is 7.35. The first-order chi connectivity index (χ1) is 16.5. The Bertz CT molecular complexity index is 1170. The molecular formula is C26H28N4O3S. The maximum absolute atomic E-state index is 13.6. The van der Waals surface area contributed by atoms with E-state index in [4.69, 9.17) is 9.73 Å². The fourth-order valence-corrected chi connectivity index (χ4v) is 5.37. The van der Waals surface area contributed by atoms with E-state index in [2.05, 4.69) is 15.5 Å². The van der Waals surface area contributed by atoms with Crippen LogP contribution in [0.2, 0.25) is 0 Å². The minimum absolute atomic E-state index is 0.0702. The van der Waals surface area contributed by atoms with Crippen LogP contribution in [0.25, 0.3) is 0 Å². The molecule has 1 saturated heterocycles. The van der Waals surface area contributed by atoms with Crippen LogP contribution in [-0.2, 0) is 9.59 Å². The normalized spacial score (nSPS) is 19.8. The Balaban J connectivity index is 1.48. The second kappa shape index (κ2) is 9.54. The number of methoxy groups -OCH3 is 1. The van der Waals surface area contributed by atoms with Crippen LogP contribution in [0.3, 0.4) is 0 Å². The Morgan fingerprint density at radius 2 is 1.88 bits per heavy atom.